The van der Waals surface area contributed by atoms with E-state index in [-0.39, 0.29) is 0 Å². The molecule has 0 unspecified atom stereocenters. The highest BCUT2D eigenvalue weighted by atomic mass is 16.5. The molecular weight excluding hydrogens is 336 g/mol. The maximum Gasteiger partial charge on any atom is 0.129 e. The molecule has 5 nitrogen and oxygen atoms in total. The van der Waals surface area contributed by atoms with Crippen LogP contribution in [0.5, 0.6) is 11.5 Å². The third kappa shape index (κ3) is 4.03. The van der Waals surface area contributed by atoms with Gasteiger partial charge in [0.15, 0.2) is 0 Å². The molecule has 0 aliphatic rings. The largest absolute Gasteiger partial charge is 0.457 e. The van der Waals surface area contributed by atoms with Gasteiger partial charge in [-0.2, -0.15) is 5.10 Å². The summed E-state index contributed by atoms with van der Waals surface area (Å²) in [5.74, 6) is 3.36. The molecule has 0 spiro atoms. The number of H-pyrrole nitrogens is 2. The predicted octanol–water partition coefficient (Wildman–Crippen LogP) is 5.72. The van der Waals surface area contributed by atoms with Crippen LogP contribution in [-0.4, -0.2) is 20.2 Å². The Hall–Kier alpha value is -3.08. The van der Waals surface area contributed by atoms with E-state index in [0.717, 1.165) is 58.4 Å². The van der Waals surface area contributed by atoms with Crippen LogP contribution < -0.4 is 4.74 Å². The Bertz CT molecular complexity index is 1000. The third-order valence-electron chi connectivity index (χ3n) is 4.98. The summed E-state index contributed by atoms with van der Waals surface area (Å²) in [5.41, 5.74) is 4.06. The first-order valence-electron chi connectivity index (χ1n) is 9.47. The summed E-state index contributed by atoms with van der Waals surface area (Å²) in [7, 11) is 0. The Morgan fingerprint density at radius 2 is 1.85 bits per heavy atom. The molecule has 0 bridgehead atoms. The zero-order chi connectivity index (χ0) is 18.6. The lowest BCUT2D eigenvalue weighted by molar-refractivity contribution is 0.483. The lowest BCUT2D eigenvalue weighted by Crippen LogP contribution is -1.96. The van der Waals surface area contributed by atoms with Gasteiger partial charge >= 0.3 is 0 Å². The molecule has 4 rings (SSSR count). The Labute approximate surface area is 158 Å². The van der Waals surface area contributed by atoms with Crippen molar-refractivity contribution in [3.05, 3.63) is 60.6 Å². The number of benzene rings is 2. The second-order valence-electron chi connectivity index (χ2n) is 7.01. The van der Waals surface area contributed by atoms with Crippen LogP contribution in [0, 0.1) is 5.92 Å². The zero-order valence-electron chi connectivity index (χ0n) is 15.7. The number of rotatable bonds is 7. The van der Waals surface area contributed by atoms with Crippen molar-refractivity contribution in [3.63, 3.8) is 0 Å². The second-order valence-corrected chi connectivity index (χ2v) is 7.01. The summed E-state index contributed by atoms with van der Waals surface area (Å²) in [6.07, 6.45) is 5.09. The van der Waals surface area contributed by atoms with Crippen molar-refractivity contribution >= 4 is 11.0 Å². The Kier molecular flexibility index (Phi) is 4.92. The number of fused-ring (bicyclic) bond motifs is 1. The summed E-state index contributed by atoms with van der Waals surface area (Å²) in [6, 6.07) is 15.9. The molecule has 2 aromatic carbocycles. The topological polar surface area (TPSA) is 66.6 Å². The van der Waals surface area contributed by atoms with Crippen molar-refractivity contribution < 1.29 is 4.74 Å². The molecule has 0 aliphatic heterocycles. The van der Waals surface area contributed by atoms with Gasteiger partial charge in [-0.1, -0.05) is 20.3 Å². The van der Waals surface area contributed by atoms with Gasteiger partial charge in [0.25, 0.3) is 0 Å². The van der Waals surface area contributed by atoms with Gasteiger partial charge in [0, 0.05) is 18.7 Å². The van der Waals surface area contributed by atoms with E-state index in [0.29, 0.717) is 0 Å². The predicted molar refractivity (Wildman–Crippen MR) is 108 cm³/mol. The lowest BCUT2D eigenvalue weighted by atomic mass is 10.0. The minimum Gasteiger partial charge on any atom is -0.457 e. The lowest BCUT2D eigenvalue weighted by Gasteiger charge is -2.06. The first kappa shape index (κ1) is 17.3. The van der Waals surface area contributed by atoms with Crippen LogP contribution in [0.4, 0.5) is 0 Å². The first-order valence-corrected chi connectivity index (χ1v) is 9.47. The fraction of sp³-hybridized carbons (Fsp3) is 0.273. The highest BCUT2D eigenvalue weighted by Gasteiger charge is 2.07. The van der Waals surface area contributed by atoms with Crippen LogP contribution in [0.3, 0.4) is 0 Å². The van der Waals surface area contributed by atoms with Gasteiger partial charge < -0.3 is 9.72 Å². The minimum atomic E-state index is 0.724. The smallest absolute Gasteiger partial charge is 0.129 e. The first-order chi connectivity index (χ1) is 13.2. The van der Waals surface area contributed by atoms with Gasteiger partial charge in [-0.3, -0.25) is 5.10 Å². The minimum absolute atomic E-state index is 0.724. The molecule has 0 saturated heterocycles. The number of aromatic amines is 2. The molecule has 0 saturated carbocycles. The number of imidazole rings is 1. The molecule has 0 radical (unpaired) electrons. The van der Waals surface area contributed by atoms with Crippen LogP contribution in [0.25, 0.3) is 22.3 Å². The maximum atomic E-state index is 6.00. The highest BCUT2D eigenvalue weighted by molar-refractivity contribution is 5.77. The van der Waals surface area contributed by atoms with Gasteiger partial charge in [-0.15, -0.1) is 0 Å². The van der Waals surface area contributed by atoms with E-state index >= 15 is 0 Å². The van der Waals surface area contributed by atoms with E-state index in [4.69, 9.17) is 9.72 Å². The molecule has 0 aliphatic carbocycles. The standard InChI is InChI=1S/C22H24N4O/c1-3-15(2)4-11-22-24-20-10-9-18(14-21(20)25-22)27-17-7-5-16(6-8-17)19-12-13-23-26-19/h5-10,12-15H,3-4,11H2,1-2H3,(H,23,26)(H,24,25)/t15-/m0/s1. The molecule has 138 valence electrons. The summed E-state index contributed by atoms with van der Waals surface area (Å²) < 4.78 is 6.00. The fourth-order valence-electron chi connectivity index (χ4n) is 3.06. The quantitative estimate of drug-likeness (QED) is 0.443. The zero-order valence-corrected chi connectivity index (χ0v) is 15.7. The Morgan fingerprint density at radius 3 is 2.59 bits per heavy atom. The number of hydrogen-bond donors (Lipinski definition) is 2. The van der Waals surface area contributed by atoms with Crippen molar-refractivity contribution in [1.82, 2.24) is 20.2 Å². The molecule has 1 atom stereocenters. The number of hydrogen-bond acceptors (Lipinski definition) is 3. The summed E-state index contributed by atoms with van der Waals surface area (Å²) in [6.45, 7) is 4.51. The van der Waals surface area contributed by atoms with Gasteiger partial charge in [-0.05, 0) is 60.4 Å². The van der Waals surface area contributed by atoms with E-state index in [1.807, 2.05) is 48.5 Å². The average molecular weight is 360 g/mol. The van der Waals surface area contributed by atoms with Crippen molar-refractivity contribution in [2.24, 2.45) is 5.92 Å². The van der Waals surface area contributed by atoms with Crippen molar-refractivity contribution in [2.75, 3.05) is 0 Å². The molecule has 2 N–H and O–H groups in total. The van der Waals surface area contributed by atoms with Crippen LogP contribution in [0.15, 0.2) is 54.7 Å². The Morgan fingerprint density at radius 1 is 1.04 bits per heavy atom. The van der Waals surface area contributed by atoms with Crippen LogP contribution in [-0.2, 0) is 6.42 Å². The fourth-order valence-corrected chi connectivity index (χ4v) is 3.06. The SMILES string of the molecule is CC[C@H](C)CCc1nc2cc(Oc3ccc(-c4ccn[nH]4)cc3)ccc2[nH]1. The number of ether oxygens (including phenoxy) is 1. The average Bonchev–Trinajstić information content (AvgIpc) is 3.36. The summed E-state index contributed by atoms with van der Waals surface area (Å²) in [4.78, 5) is 8.14. The third-order valence-corrected chi connectivity index (χ3v) is 4.98. The van der Waals surface area contributed by atoms with E-state index in [1.165, 1.54) is 6.42 Å². The monoisotopic (exact) mass is 360 g/mol. The second kappa shape index (κ2) is 7.66. The summed E-state index contributed by atoms with van der Waals surface area (Å²) in [5, 5.41) is 6.94. The van der Waals surface area contributed by atoms with Crippen LogP contribution in [0.1, 0.15) is 32.5 Å². The number of aromatic nitrogens is 4. The molecule has 27 heavy (non-hydrogen) atoms. The van der Waals surface area contributed by atoms with E-state index in [1.54, 1.807) is 6.20 Å². The van der Waals surface area contributed by atoms with Gasteiger partial charge in [0.05, 0.1) is 16.7 Å². The maximum absolute atomic E-state index is 6.00. The molecule has 4 aromatic rings. The summed E-state index contributed by atoms with van der Waals surface area (Å²) >= 11 is 0. The van der Waals surface area contributed by atoms with Crippen LogP contribution in [0.2, 0.25) is 0 Å². The number of nitrogens with zero attached hydrogens (tertiary/aromatic N) is 2. The highest BCUT2D eigenvalue weighted by Crippen LogP contribution is 2.27. The van der Waals surface area contributed by atoms with Crippen molar-refractivity contribution in [1.29, 1.82) is 0 Å². The van der Waals surface area contributed by atoms with Crippen LogP contribution >= 0.6 is 0 Å². The van der Waals surface area contributed by atoms with Crippen molar-refractivity contribution in [3.8, 4) is 22.8 Å². The molecule has 0 fully saturated rings. The normalized spacial score (nSPS) is 12.4. The number of nitrogens with one attached hydrogen (secondary N) is 2. The molecule has 5 heteroatoms. The molecule has 0 amide bonds. The van der Waals surface area contributed by atoms with Gasteiger partial charge in [0.2, 0.25) is 0 Å². The van der Waals surface area contributed by atoms with E-state index < -0.39 is 0 Å². The molecule has 2 aromatic heterocycles. The molecular formula is C22H24N4O. The Balaban J connectivity index is 1.47. The van der Waals surface area contributed by atoms with E-state index in [2.05, 4.69) is 29.0 Å². The molecule has 2 heterocycles. The van der Waals surface area contributed by atoms with Crippen molar-refractivity contribution in [2.45, 2.75) is 33.1 Å². The van der Waals surface area contributed by atoms with Gasteiger partial charge in [-0.25, -0.2) is 4.98 Å². The van der Waals surface area contributed by atoms with Gasteiger partial charge in [0.1, 0.15) is 17.3 Å². The van der Waals surface area contributed by atoms with E-state index in [9.17, 15) is 0 Å². The number of aryl methyl sites for hydroxylation is 1.